The van der Waals surface area contributed by atoms with E-state index in [1.165, 1.54) is 11.1 Å². The van der Waals surface area contributed by atoms with Gasteiger partial charge >= 0.3 is 6.09 Å². The number of nitrogen functional groups attached to an aromatic ring is 1. The van der Waals surface area contributed by atoms with Gasteiger partial charge in [-0.15, -0.1) is 0 Å². The Morgan fingerprint density at radius 3 is 2.80 bits per heavy atom. The number of rotatable bonds is 2. The van der Waals surface area contributed by atoms with E-state index >= 15 is 0 Å². The quantitative estimate of drug-likeness (QED) is 0.873. The summed E-state index contributed by atoms with van der Waals surface area (Å²) < 4.78 is 7.13. The molecule has 0 spiro atoms. The Bertz CT molecular complexity index is 830. The molecule has 2 aromatic rings. The second-order valence-electron chi connectivity index (χ2n) is 7.59. The monoisotopic (exact) mass is 342 g/mol. The molecule has 3 rings (SSSR count). The lowest BCUT2D eigenvalue weighted by atomic mass is 9.90. The van der Waals surface area contributed by atoms with E-state index < -0.39 is 5.60 Å². The molecule has 6 nitrogen and oxygen atoms in total. The van der Waals surface area contributed by atoms with Gasteiger partial charge in [0.05, 0.1) is 5.52 Å². The summed E-state index contributed by atoms with van der Waals surface area (Å²) in [5, 5.41) is 8.20. The zero-order valence-corrected chi connectivity index (χ0v) is 15.3. The van der Waals surface area contributed by atoms with Gasteiger partial charge in [0.25, 0.3) is 0 Å². The third kappa shape index (κ3) is 3.95. The molecule has 1 unspecified atom stereocenters. The van der Waals surface area contributed by atoms with E-state index in [0.29, 0.717) is 5.82 Å². The molecule has 1 aromatic carbocycles. The number of fused-ring (bicyclic) bond motifs is 1. The smallest absolute Gasteiger partial charge is 0.407 e. The summed E-state index contributed by atoms with van der Waals surface area (Å²) in [6.07, 6.45) is 4.48. The number of carbonyl (C=O) groups is 1. The SMILES string of the molecule is Cn1nc(N)c2ccc(C3=CCC(NC(=O)OC(C)(C)C)CC3)cc21. The normalized spacial score (nSPS) is 18.1. The lowest BCUT2D eigenvalue weighted by molar-refractivity contribution is 0.0502. The maximum absolute atomic E-state index is 11.9. The Balaban J connectivity index is 1.69. The lowest BCUT2D eigenvalue weighted by Crippen LogP contribution is -2.39. The third-order valence-corrected chi connectivity index (χ3v) is 4.38. The van der Waals surface area contributed by atoms with Gasteiger partial charge in [-0.2, -0.15) is 5.10 Å². The van der Waals surface area contributed by atoms with Crippen LogP contribution in [-0.2, 0) is 11.8 Å². The standard InChI is InChI=1S/C19H26N4O2/c1-19(2,3)25-18(24)21-14-8-5-12(6-9-14)13-7-10-15-16(11-13)23(4)22-17(15)20/h5,7,10-11,14H,6,8-9H2,1-4H3,(H2,20,22)(H,21,24). The lowest BCUT2D eigenvalue weighted by Gasteiger charge is -2.26. The zero-order valence-electron chi connectivity index (χ0n) is 15.3. The number of ether oxygens (including phenoxy) is 1. The average molecular weight is 342 g/mol. The van der Waals surface area contributed by atoms with Crippen LogP contribution < -0.4 is 11.1 Å². The van der Waals surface area contributed by atoms with Crippen LogP contribution in [0.25, 0.3) is 16.5 Å². The van der Waals surface area contributed by atoms with Crippen LogP contribution in [-0.4, -0.2) is 27.5 Å². The fourth-order valence-electron chi connectivity index (χ4n) is 3.19. The second kappa shape index (κ2) is 6.43. The number of carbonyl (C=O) groups excluding carboxylic acids is 1. The molecule has 1 aliphatic carbocycles. The molecule has 0 fully saturated rings. The van der Waals surface area contributed by atoms with Crippen molar-refractivity contribution in [3.8, 4) is 0 Å². The predicted octanol–water partition coefficient (Wildman–Crippen LogP) is 3.62. The van der Waals surface area contributed by atoms with Crippen molar-refractivity contribution in [3.63, 3.8) is 0 Å². The summed E-state index contributed by atoms with van der Waals surface area (Å²) in [7, 11) is 1.90. The minimum Gasteiger partial charge on any atom is -0.444 e. The highest BCUT2D eigenvalue weighted by Crippen LogP contribution is 2.30. The molecule has 25 heavy (non-hydrogen) atoms. The van der Waals surface area contributed by atoms with Gasteiger partial charge in [-0.3, -0.25) is 4.68 Å². The second-order valence-corrected chi connectivity index (χ2v) is 7.59. The molecule has 1 atom stereocenters. The van der Waals surface area contributed by atoms with Crippen LogP contribution in [0.4, 0.5) is 10.6 Å². The number of amides is 1. The van der Waals surface area contributed by atoms with Crippen LogP contribution in [0.3, 0.4) is 0 Å². The van der Waals surface area contributed by atoms with Crippen molar-refractivity contribution in [1.82, 2.24) is 15.1 Å². The molecule has 1 aliphatic rings. The molecule has 0 saturated carbocycles. The Hall–Kier alpha value is -2.50. The van der Waals surface area contributed by atoms with Crippen LogP contribution in [0.2, 0.25) is 0 Å². The van der Waals surface area contributed by atoms with Crippen LogP contribution in [0.5, 0.6) is 0 Å². The highest BCUT2D eigenvalue weighted by Gasteiger charge is 2.21. The maximum Gasteiger partial charge on any atom is 0.407 e. The number of allylic oxidation sites excluding steroid dienone is 1. The molecular weight excluding hydrogens is 316 g/mol. The van der Waals surface area contributed by atoms with Gasteiger partial charge in [0.2, 0.25) is 0 Å². The first-order valence-corrected chi connectivity index (χ1v) is 8.64. The van der Waals surface area contributed by atoms with E-state index in [2.05, 4.69) is 28.6 Å². The molecule has 134 valence electrons. The number of nitrogens with zero attached hydrogens (tertiary/aromatic N) is 2. The van der Waals surface area contributed by atoms with Gasteiger partial charge in [0, 0.05) is 18.5 Å². The molecule has 0 aliphatic heterocycles. The Morgan fingerprint density at radius 2 is 2.16 bits per heavy atom. The van der Waals surface area contributed by atoms with Crippen molar-refractivity contribution >= 4 is 28.4 Å². The highest BCUT2D eigenvalue weighted by molar-refractivity contribution is 5.91. The maximum atomic E-state index is 11.9. The molecule has 0 radical (unpaired) electrons. The summed E-state index contributed by atoms with van der Waals surface area (Å²) in [5.41, 5.74) is 8.96. The van der Waals surface area contributed by atoms with Gasteiger partial charge in [-0.05, 0) is 63.3 Å². The minimum absolute atomic E-state index is 0.120. The fourth-order valence-corrected chi connectivity index (χ4v) is 3.19. The average Bonchev–Trinajstić information content (AvgIpc) is 2.80. The fraction of sp³-hybridized carbons (Fsp3) is 0.474. The van der Waals surface area contributed by atoms with Crippen molar-refractivity contribution in [2.75, 3.05) is 5.73 Å². The highest BCUT2D eigenvalue weighted by atomic mass is 16.6. The predicted molar refractivity (Wildman–Crippen MR) is 100 cm³/mol. The summed E-state index contributed by atoms with van der Waals surface area (Å²) in [4.78, 5) is 11.9. The number of nitrogens with two attached hydrogens (primary N) is 1. The minimum atomic E-state index is -0.472. The number of benzene rings is 1. The first kappa shape index (κ1) is 17.3. The van der Waals surface area contributed by atoms with Gasteiger partial charge in [-0.1, -0.05) is 12.1 Å². The van der Waals surface area contributed by atoms with E-state index in [1.807, 2.05) is 38.6 Å². The van der Waals surface area contributed by atoms with Crippen molar-refractivity contribution < 1.29 is 9.53 Å². The Kier molecular flexibility index (Phi) is 4.45. The molecule has 0 saturated heterocycles. The number of aryl methyl sites for hydroxylation is 1. The van der Waals surface area contributed by atoms with Crippen molar-refractivity contribution in [2.24, 2.45) is 7.05 Å². The summed E-state index contributed by atoms with van der Waals surface area (Å²) in [6, 6.07) is 6.37. The van der Waals surface area contributed by atoms with Crippen molar-refractivity contribution in [1.29, 1.82) is 0 Å². The Labute approximate surface area is 148 Å². The van der Waals surface area contributed by atoms with Crippen molar-refractivity contribution in [2.45, 2.75) is 51.7 Å². The van der Waals surface area contributed by atoms with Crippen LogP contribution in [0.15, 0.2) is 24.3 Å². The molecule has 6 heteroatoms. The number of nitrogens with one attached hydrogen (secondary N) is 1. The van der Waals surface area contributed by atoms with Gasteiger partial charge in [-0.25, -0.2) is 4.79 Å². The first-order chi connectivity index (χ1) is 11.7. The first-order valence-electron chi connectivity index (χ1n) is 8.64. The summed E-state index contributed by atoms with van der Waals surface area (Å²) in [5.74, 6) is 0.559. The molecular formula is C19H26N4O2. The molecule has 1 aromatic heterocycles. The van der Waals surface area contributed by atoms with E-state index in [0.717, 1.165) is 30.2 Å². The molecule has 0 bridgehead atoms. The number of hydrogen-bond donors (Lipinski definition) is 2. The number of alkyl carbamates (subject to hydrolysis) is 1. The van der Waals surface area contributed by atoms with Crippen LogP contribution >= 0.6 is 0 Å². The molecule has 1 amide bonds. The van der Waals surface area contributed by atoms with Crippen LogP contribution in [0, 0.1) is 0 Å². The number of hydrogen-bond acceptors (Lipinski definition) is 4. The number of anilines is 1. The summed E-state index contributed by atoms with van der Waals surface area (Å²) in [6.45, 7) is 5.60. The largest absolute Gasteiger partial charge is 0.444 e. The van der Waals surface area contributed by atoms with Gasteiger partial charge in [0.15, 0.2) is 5.82 Å². The van der Waals surface area contributed by atoms with E-state index in [9.17, 15) is 4.79 Å². The van der Waals surface area contributed by atoms with Crippen LogP contribution in [0.1, 0.15) is 45.6 Å². The topological polar surface area (TPSA) is 82.2 Å². The van der Waals surface area contributed by atoms with E-state index in [-0.39, 0.29) is 12.1 Å². The van der Waals surface area contributed by atoms with Crippen molar-refractivity contribution in [3.05, 3.63) is 29.8 Å². The molecule has 3 N–H and O–H groups in total. The molecule has 1 heterocycles. The zero-order chi connectivity index (χ0) is 18.2. The number of aromatic nitrogens is 2. The van der Waals surface area contributed by atoms with Gasteiger partial charge < -0.3 is 15.8 Å². The third-order valence-electron chi connectivity index (χ3n) is 4.38. The Morgan fingerprint density at radius 1 is 1.40 bits per heavy atom. The van der Waals surface area contributed by atoms with E-state index in [1.54, 1.807) is 0 Å². The van der Waals surface area contributed by atoms with Gasteiger partial charge in [0.1, 0.15) is 5.60 Å². The summed E-state index contributed by atoms with van der Waals surface area (Å²) >= 11 is 0. The van der Waals surface area contributed by atoms with E-state index in [4.69, 9.17) is 10.5 Å².